The molecule has 0 aromatic carbocycles. The third-order valence-electron chi connectivity index (χ3n) is 2.63. The molecule has 5 nitrogen and oxygen atoms in total. The Balaban J connectivity index is 2.78. The van der Waals surface area contributed by atoms with Crippen LogP contribution in [-0.2, 0) is 0 Å². The molecule has 1 aromatic rings. The van der Waals surface area contributed by atoms with Gasteiger partial charge in [0.25, 0.3) is 5.91 Å². The molecule has 0 aliphatic heterocycles. The van der Waals surface area contributed by atoms with Crippen LogP contribution in [0.5, 0.6) is 0 Å². The van der Waals surface area contributed by atoms with Gasteiger partial charge < -0.3 is 16.0 Å². The maximum atomic E-state index is 11.9. The van der Waals surface area contributed by atoms with Crippen molar-refractivity contribution in [3.05, 3.63) is 34.2 Å². The molecular weight excluding hydrogens is 218 g/mol. The van der Waals surface area contributed by atoms with E-state index in [9.17, 15) is 9.59 Å². The summed E-state index contributed by atoms with van der Waals surface area (Å²) in [6, 6.07) is 2.70. The highest BCUT2D eigenvalue weighted by Gasteiger charge is 2.25. The van der Waals surface area contributed by atoms with Crippen LogP contribution in [0, 0.1) is 5.41 Å². The van der Waals surface area contributed by atoms with Crippen molar-refractivity contribution in [2.75, 3.05) is 6.54 Å². The van der Waals surface area contributed by atoms with Gasteiger partial charge in [0, 0.05) is 24.8 Å². The lowest BCUT2D eigenvalue weighted by Crippen LogP contribution is -2.48. The molecule has 1 heterocycles. The Hall–Kier alpha value is -1.62. The number of hydrogen-bond acceptors (Lipinski definition) is 3. The first-order valence-electron chi connectivity index (χ1n) is 5.54. The molecule has 1 rings (SSSR count). The number of carbonyl (C=O) groups excluding carboxylic acids is 1. The Morgan fingerprint density at radius 2 is 2.12 bits per heavy atom. The van der Waals surface area contributed by atoms with Crippen LogP contribution < -0.4 is 16.6 Å². The summed E-state index contributed by atoms with van der Waals surface area (Å²) in [7, 11) is 0. The molecule has 0 radical (unpaired) electrons. The van der Waals surface area contributed by atoms with Crippen LogP contribution in [-0.4, -0.2) is 23.5 Å². The Bertz CT molecular complexity index is 425. The van der Waals surface area contributed by atoms with Crippen molar-refractivity contribution >= 4 is 5.91 Å². The van der Waals surface area contributed by atoms with Gasteiger partial charge in [0.2, 0.25) is 5.56 Å². The second-order valence-electron chi connectivity index (χ2n) is 5.07. The molecule has 1 aromatic heterocycles. The molecule has 0 saturated heterocycles. The van der Waals surface area contributed by atoms with Gasteiger partial charge in [-0.1, -0.05) is 20.8 Å². The minimum atomic E-state index is -0.230. The number of nitrogens with two attached hydrogens (primary N) is 1. The van der Waals surface area contributed by atoms with E-state index in [2.05, 4.69) is 10.3 Å². The third-order valence-corrected chi connectivity index (χ3v) is 2.63. The molecule has 1 amide bonds. The number of aromatic nitrogens is 1. The first-order chi connectivity index (χ1) is 7.84. The number of amides is 1. The van der Waals surface area contributed by atoms with Crippen LogP contribution in [0.3, 0.4) is 0 Å². The highest BCUT2D eigenvalue weighted by Crippen LogP contribution is 2.18. The van der Waals surface area contributed by atoms with Crippen molar-refractivity contribution in [1.82, 2.24) is 10.3 Å². The summed E-state index contributed by atoms with van der Waals surface area (Å²) >= 11 is 0. The molecule has 0 spiro atoms. The molecule has 17 heavy (non-hydrogen) atoms. The zero-order valence-corrected chi connectivity index (χ0v) is 10.4. The maximum Gasteiger partial charge on any atom is 0.253 e. The number of pyridine rings is 1. The molecule has 94 valence electrons. The van der Waals surface area contributed by atoms with Gasteiger partial charge in [0.05, 0.1) is 5.56 Å². The van der Waals surface area contributed by atoms with E-state index in [1.165, 1.54) is 18.3 Å². The van der Waals surface area contributed by atoms with Crippen molar-refractivity contribution in [3.8, 4) is 0 Å². The molecule has 0 saturated carbocycles. The molecule has 0 aliphatic rings. The fourth-order valence-electron chi connectivity index (χ4n) is 1.42. The molecule has 4 N–H and O–H groups in total. The van der Waals surface area contributed by atoms with Gasteiger partial charge in [-0.2, -0.15) is 0 Å². The largest absolute Gasteiger partial charge is 0.347 e. The van der Waals surface area contributed by atoms with E-state index < -0.39 is 0 Å². The van der Waals surface area contributed by atoms with Crippen molar-refractivity contribution in [2.45, 2.75) is 26.8 Å². The van der Waals surface area contributed by atoms with Crippen molar-refractivity contribution in [2.24, 2.45) is 11.1 Å². The minimum absolute atomic E-state index is 0.105. The van der Waals surface area contributed by atoms with Gasteiger partial charge in [-0.15, -0.1) is 0 Å². The number of rotatable bonds is 3. The quantitative estimate of drug-likeness (QED) is 0.714. The summed E-state index contributed by atoms with van der Waals surface area (Å²) in [6.07, 6.45) is 1.40. The van der Waals surface area contributed by atoms with E-state index in [0.29, 0.717) is 12.1 Å². The van der Waals surface area contributed by atoms with Gasteiger partial charge in [0.1, 0.15) is 0 Å². The van der Waals surface area contributed by atoms with Gasteiger partial charge in [-0.05, 0) is 11.5 Å². The SMILES string of the molecule is CC(C)(C)C(CN)NC(=O)c1ccc(=O)[nH]c1. The molecule has 1 atom stereocenters. The summed E-state index contributed by atoms with van der Waals surface area (Å²) < 4.78 is 0. The summed E-state index contributed by atoms with van der Waals surface area (Å²) in [4.78, 5) is 25.2. The molecule has 0 bridgehead atoms. The van der Waals surface area contributed by atoms with E-state index in [4.69, 9.17) is 5.73 Å². The lowest BCUT2D eigenvalue weighted by Gasteiger charge is -2.30. The Kier molecular flexibility index (Phi) is 4.07. The number of hydrogen-bond donors (Lipinski definition) is 3. The molecule has 0 aliphatic carbocycles. The maximum absolute atomic E-state index is 11.9. The van der Waals surface area contributed by atoms with Crippen LogP contribution in [0.2, 0.25) is 0 Å². The number of aromatic amines is 1. The van der Waals surface area contributed by atoms with Crippen molar-refractivity contribution < 1.29 is 4.79 Å². The van der Waals surface area contributed by atoms with Gasteiger partial charge >= 0.3 is 0 Å². The number of H-pyrrole nitrogens is 1. The van der Waals surface area contributed by atoms with Crippen LogP contribution in [0.25, 0.3) is 0 Å². The van der Waals surface area contributed by atoms with Gasteiger partial charge in [-0.3, -0.25) is 9.59 Å². The fraction of sp³-hybridized carbons (Fsp3) is 0.500. The average Bonchev–Trinajstić information content (AvgIpc) is 2.24. The van der Waals surface area contributed by atoms with E-state index in [1.54, 1.807) is 0 Å². The third kappa shape index (κ3) is 3.71. The summed E-state index contributed by atoms with van der Waals surface area (Å²) in [6.45, 7) is 6.41. The highest BCUT2D eigenvalue weighted by atomic mass is 16.2. The van der Waals surface area contributed by atoms with Crippen molar-refractivity contribution in [3.63, 3.8) is 0 Å². The number of carbonyl (C=O) groups is 1. The van der Waals surface area contributed by atoms with Crippen LogP contribution in [0.15, 0.2) is 23.1 Å². The van der Waals surface area contributed by atoms with E-state index >= 15 is 0 Å². The first kappa shape index (κ1) is 13.4. The fourth-order valence-corrected chi connectivity index (χ4v) is 1.42. The second kappa shape index (κ2) is 5.14. The molecule has 0 fully saturated rings. The van der Waals surface area contributed by atoms with Gasteiger partial charge in [0.15, 0.2) is 0 Å². The summed E-state index contributed by atoms with van der Waals surface area (Å²) in [5.74, 6) is -0.230. The molecular formula is C12H19N3O2. The minimum Gasteiger partial charge on any atom is -0.347 e. The van der Waals surface area contributed by atoms with Gasteiger partial charge in [-0.25, -0.2) is 0 Å². The smallest absolute Gasteiger partial charge is 0.253 e. The predicted octanol–water partition coefficient (Wildman–Crippen LogP) is 0.478. The average molecular weight is 237 g/mol. The van der Waals surface area contributed by atoms with Crippen LogP contribution in [0.4, 0.5) is 0 Å². The Morgan fingerprint density at radius 1 is 1.47 bits per heavy atom. The highest BCUT2D eigenvalue weighted by molar-refractivity contribution is 5.94. The van der Waals surface area contributed by atoms with E-state index in [-0.39, 0.29) is 22.9 Å². The second-order valence-corrected chi connectivity index (χ2v) is 5.07. The van der Waals surface area contributed by atoms with Crippen LogP contribution >= 0.6 is 0 Å². The van der Waals surface area contributed by atoms with Crippen LogP contribution in [0.1, 0.15) is 31.1 Å². The van der Waals surface area contributed by atoms with E-state index in [0.717, 1.165) is 0 Å². The lowest BCUT2D eigenvalue weighted by molar-refractivity contribution is 0.0905. The first-order valence-corrected chi connectivity index (χ1v) is 5.54. The van der Waals surface area contributed by atoms with Crippen molar-refractivity contribution in [1.29, 1.82) is 0 Å². The zero-order chi connectivity index (χ0) is 13.1. The predicted molar refractivity (Wildman–Crippen MR) is 66.8 cm³/mol. The van der Waals surface area contributed by atoms with E-state index in [1.807, 2.05) is 20.8 Å². The monoisotopic (exact) mass is 237 g/mol. The molecule has 5 heteroatoms. The lowest BCUT2D eigenvalue weighted by atomic mass is 9.86. The summed E-state index contributed by atoms with van der Waals surface area (Å²) in [5.41, 5.74) is 5.73. The normalized spacial score (nSPS) is 13.2. The molecule has 1 unspecified atom stereocenters. The standard InChI is InChI=1S/C12H19N3O2/c1-12(2,3)9(6-13)15-11(17)8-4-5-10(16)14-7-8/h4-5,7,9H,6,13H2,1-3H3,(H,14,16)(H,15,17). The Labute approximate surface area is 100 Å². The number of nitrogens with one attached hydrogen (secondary N) is 2. The summed E-state index contributed by atoms with van der Waals surface area (Å²) in [5, 5.41) is 2.86. The topological polar surface area (TPSA) is 88.0 Å². The Morgan fingerprint density at radius 3 is 2.53 bits per heavy atom. The zero-order valence-electron chi connectivity index (χ0n) is 10.4.